The van der Waals surface area contributed by atoms with E-state index in [1.807, 2.05) is 13.8 Å². The molecule has 2 rings (SSSR count). The largest absolute Gasteiger partial charge is 0.465 e. The van der Waals surface area contributed by atoms with Crippen molar-refractivity contribution < 1.29 is 33.4 Å². The molecule has 1 aromatic carbocycles. The summed E-state index contributed by atoms with van der Waals surface area (Å²) in [5.41, 5.74) is 7.34. The first kappa shape index (κ1) is 36.7. The van der Waals surface area contributed by atoms with Gasteiger partial charge >= 0.3 is 12.1 Å². The molecule has 1 aromatic rings. The van der Waals surface area contributed by atoms with Crippen molar-refractivity contribution in [3.8, 4) is 0 Å². The fraction of sp³-hybridized carbons (Fsp3) is 0.656. The van der Waals surface area contributed by atoms with Gasteiger partial charge in [0, 0.05) is 25.3 Å². The molecule has 44 heavy (non-hydrogen) atoms. The molecule has 2 atom stereocenters. The Hall–Kier alpha value is -3.51. The van der Waals surface area contributed by atoms with E-state index in [2.05, 4.69) is 22.5 Å². The number of hydrogen-bond acceptors (Lipinski definition) is 8. The van der Waals surface area contributed by atoms with Gasteiger partial charge in [0.1, 0.15) is 18.5 Å². The number of benzene rings is 1. The number of aliphatic imine (C=N–C) groups is 1. The number of esters is 1. The quantitative estimate of drug-likeness (QED) is 0.0915. The Balaban J connectivity index is 1.84. The third-order valence-electron chi connectivity index (χ3n) is 7.17. The predicted molar refractivity (Wildman–Crippen MR) is 168 cm³/mol. The Labute approximate surface area is 261 Å². The lowest BCUT2D eigenvalue weighted by Crippen LogP contribution is -2.53. The summed E-state index contributed by atoms with van der Waals surface area (Å²) in [4.78, 5) is 55.8. The van der Waals surface area contributed by atoms with Gasteiger partial charge in [-0.1, -0.05) is 64.3 Å². The molecule has 12 nitrogen and oxygen atoms in total. The van der Waals surface area contributed by atoms with Gasteiger partial charge in [0.25, 0.3) is 0 Å². The van der Waals surface area contributed by atoms with Gasteiger partial charge in [-0.3, -0.25) is 19.7 Å². The molecule has 1 fully saturated rings. The fourth-order valence-corrected chi connectivity index (χ4v) is 4.88. The maximum absolute atomic E-state index is 13.4. The van der Waals surface area contributed by atoms with Crippen LogP contribution < -0.4 is 16.4 Å². The summed E-state index contributed by atoms with van der Waals surface area (Å²) in [6, 6.07) is 5.82. The lowest BCUT2D eigenvalue weighted by Gasteiger charge is -2.29. The van der Waals surface area contributed by atoms with Gasteiger partial charge in [0.05, 0.1) is 25.8 Å². The molecule has 0 unspecified atom stereocenters. The molecule has 1 saturated heterocycles. The number of ether oxygens (including phenoxy) is 3. The molecule has 0 radical (unpaired) electrons. The summed E-state index contributed by atoms with van der Waals surface area (Å²) < 4.78 is 15.5. The number of unbranched alkanes of at least 4 members (excludes halogenated alkanes) is 3. The van der Waals surface area contributed by atoms with E-state index in [4.69, 9.17) is 19.9 Å². The molecule has 4 N–H and O–H groups in total. The van der Waals surface area contributed by atoms with E-state index in [0.29, 0.717) is 38.2 Å². The second kappa shape index (κ2) is 20.4. The van der Waals surface area contributed by atoms with Crippen LogP contribution >= 0.6 is 0 Å². The van der Waals surface area contributed by atoms with Crippen molar-refractivity contribution in [1.29, 1.82) is 0 Å². The van der Waals surface area contributed by atoms with Gasteiger partial charge < -0.3 is 30.2 Å². The second-order valence-electron chi connectivity index (χ2n) is 11.3. The van der Waals surface area contributed by atoms with E-state index < -0.39 is 24.1 Å². The van der Waals surface area contributed by atoms with Crippen LogP contribution in [0.25, 0.3) is 0 Å². The summed E-state index contributed by atoms with van der Waals surface area (Å²) >= 11 is 0. The Morgan fingerprint density at radius 1 is 1.02 bits per heavy atom. The van der Waals surface area contributed by atoms with E-state index in [-0.39, 0.29) is 49.9 Å². The number of nitrogens with two attached hydrogens (primary N) is 1. The lowest BCUT2D eigenvalue weighted by atomic mass is 10.0. The zero-order chi connectivity index (χ0) is 32.3. The van der Waals surface area contributed by atoms with E-state index in [1.54, 1.807) is 36.1 Å². The zero-order valence-corrected chi connectivity index (χ0v) is 26.8. The molecular formula is C32H51N5O7. The molecule has 0 bridgehead atoms. The van der Waals surface area contributed by atoms with Gasteiger partial charge in [-0.25, -0.2) is 4.79 Å². The van der Waals surface area contributed by atoms with Gasteiger partial charge in [0.15, 0.2) is 0 Å². The number of nitrogens with zero attached hydrogens (tertiary/aromatic N) is 2. The van der Waals surface area contributed by atoms with Crippen LogP contribution in [0.5, 0.6) is 0 Å². The topological polar surface area (TPSA) is 162 Å². The number of amides is 3. The van der Waals surface area contributed by atoms with E-state index in [1.165, 1.54) is 12.8 Å². The van der Waals surface area contributed by atoms with E-state index >= 15 is 0 Å². The Morgan fingerprint density at radius 3 is 2.45 bits per heavy atom. The van der Waals surface area contributed by atoms with Crippen LogP contribution in [-0.4, -0.2) is 86.2 Å². The fourth-order valence-electron chi connectivity index (χ4n) is 4.88. The number of carbonyl (C=O) groups is 4. The highest BCUT2D eigenvalue weighted by molar-refractivity contribution is 6.02. The minimum absolute atomic E-state index is 0.0266. The molecule has 0 spiro atoms. The average molecular weight is 618 g/mol. The normalized spacial score (nSPS) is 15.7. The Bertz CT molecular complexity index is 1080. The molecule has 3 amide bonds. The molecule has 246 valence electrons. The lowest BCUT2D eigenvalue weighted by molar-refractivity contribution is -0.143. The minimum Gasteiger partial charge on any atom is -0.465 e. The van der Waals surface area contributed by atoms with Crippen LogP contribution in [0, 0.1) is 5.92 Å². The predicted octanol–water partition coefficient (Wildman–Crippen LogP) is 3.30. The number of likely N-dealkylation sites (tertiary alicyclic amines) is 1. The highest BCUT2D eigenvalue weighted by Crippen LogP contribution is 2.21. The van der Waals surface area contributed by atoms with Gasteiger partial charge in [0.2, 0.25) is 11.8 Å². The molecule has 12 heteroatoms. The minimum atomic E-state index is -0.782. The third-order valence-corrected chi connectivity index (χ3v) is 7.17. The van der Waals surface area contributed by atoms with Crippen molar-refractivity contribution in [2.45, 2.75) is 91.3 Å². The van der Waals surface area contributed by atoms with Gasteiger partial charge in [-0.15, -0.1) is 0 Å². The summed E-state index contributed by atoms with van der Waals surface area (Å²) in [5, 5.41) is 5.95. The summed E-state index contributed by atoms with van der Waals surface area (Å²) in [6.45, 7) is 9.89. The van der Waals surface area contributed by atoms with Gasteiger partial charge in [-0.2, -0.15) is 4.99 Å². The first-order valence-corrected chi connectivity index (χ1v) is 15.8. The molecule has 1 aliphatic rings. The van der Waals surface area contributed by atoms with Crippen LogP contribution in [-0.2, 0) is 35.1 Å². The van der Waals surface area contributed by atoms with Crippen molar-refractivity contribution in [3.63, 3.8) is 0 Å². The standard InChI is InChI=1S/C32H51N5O7/c1-5-7-8-9-17-42-18-19-44-32(41)36-29(33)25-14-12-24(13-15-25)21-35-30(39)27-11-10-16-37(27)31(40)26(20-23(3)4)34-22-28(38)43-6-2/h12-15,23,26-27,34H,5-11,16-22H2,1-4H3,(H,35,39)(H2,33,36,41)/t26-,27+/m1/s1. The SMILES string of the molecule is CCCCCCOCCOC(=O)N=C(N)c1ccc(CNC(=O)[C@@H]2CCCN2C(=O)[C@@H](CC(C)C)NCC(=O)OCC)cc1. The van der Waals surface area contributed by atoms with Crippen molar-refractivity contribution in [1.82, 2.24) is 15.5 Å². The number of hydrogen-bond donors (Lipinski definition) is 3. The highest BCUT2D eigenvalue weighted by Gasteiger charge is 2.37. The van der Waals surface area contributed by atoms with Crippen LogP contribution in [0.4, 0.5) is 4.79 Å². The zero-order valence-electron chi connectivity index (χ0n) is 26.8. The van der Waals surface area contributed by atoms with Crippen LogP contribution in [0.2, 0.25) is 0 Å². The van der Waals surface area contributed by atoms with E-state index in [9.17, 15) is 19.2 Å². The Kier molecular flexibility index (Phi) is 17.0. The molecule has 0 saturated carbocycles. The maximum atomic E-state index is 13.4. The van der Waals surface area contributed by atoms with Crippen molar-refractivity contribution in [3.05, 3.63) is 35.4 Å². The van der Waals surface area contributed by atoms with Crippen molar-refractivity contribution >= 4 is 29.7 Å². The highest BCUT2D eigenvalue weighted by atomic mass is 16.6. The first-order chi connectivity index (χ1) is 21.2. The first-order valence-electron chi connectivity index (χ1n) is 15.8. The van der Waals surface area contributed by atoms with Gasteiger partial charge in [-0.05, 0) is 44.1 Å². The van der Waals surface area contributed by atoms with Crippen LogP contribution in [0.15, 0.2) is 29.3 Å². The Morgan fingerprint density at radius 2 is 1.77 bits per heavy atom. The second-order valence-corrected chi connectivity index (χ2v) is 11.3. The third kappa shape index (κ3) is 13.4. The summed E-state index contributed by atoms with van der Waals surface area (Å²) in [5.74, 6) is -0.599. The smallest absolute Gasteiger partial charge is 0.435 e. The molecule has 1 heterocycles. The van der Waals surface area contributed by atoms with E-state index in [0.717, 1.165) is 24.8 Å². The number of nitrogens with one attached hydrogen (secondary N) is 2. The molecule has 0 aliphatic carbocycles. The summed E-state index contributed by atoms with van der Waals surface area (Å²) in [6.07, 6.45) is 5.50. The average Bonchev–Trinajstić information content (AvgIpc) is 3.49. The monoisotopic (exact) mass is 617 g/mol. The van der Waals surface area contributed by atoms with Crippen LogP contribution in [0.3, 0.4) is 0 Å². The van der Waals surface area contributed by atoms with Crippen molar-refractivity contribution in [2.75, 3.05) is 39.5 Å². The van der Waals surface area contributed by atoms with Crippen molar-refractivity contribution in [2.24, 2.45) is 16.6 Å². The maximum Gasteiger partial charge on any atom is 0.435 e. The molecular weight excluding hydrogens is 566 g/mol. The summed E-state index contributed by atoms with van der Waals surface area (Å²) in [7, 11) is 0. The molecule has 0 aromatic heterocycles. The van der Waals surface area contributed by atoms with Crippen LogP contribution in [0.1, 0.15) is 83.8 Å². The number of amidine groups is 1. The number of carbonyl (C=O) groups excluding carboxylic acids is 4. The molecule has 1 aliphatic heterocycles. The number of rotatable bonds is 19.